The molecule has 0 atom stereocenters. The van der Waals surface area contributed by atoms with E-state index in [0.29, 0.717) is 25.6 Å². The van der Waals surface area contributed by atoms with Crippen molar-refractivity contribution in [3.05, 3.63) is 0 Å². The molecule has 0 aromatic rings. The first kappa shape index (κ1) is 9.98. The van der Waals surface area contributed by atoms with Crippen LogP contribution in [0.3, 0.4) is 0 Å². The molecule has 0 unspecified atom stereocenters. The van der Waals surface area contributed by atoms with Crippen LogP contribution in [0.5, 0.6) is 0 Å². The SMILES string of the molecule is NCCNC(=O)C(=O)NCC1CC1. The molecule has 0 spiro atoms. The minimum absolute atomic E-state index is 0.343. The average molecular weight is 185 g/mol. The summed E-state index contributed by atoms with van der Waals surface area (Å²) in [5, 5.41) is 4.96. The molecule has 5 nitrogen and oxygen atoms in total. The summed E-state index contributed by atoms with van der Waals surface area (Å²) < 4.78 is 0. The summed E-state index contributed by atoms with van der Waals surface area (Å²) in [5.74, 6) is -0.558. The molecule has 5 heteroatoms. The second kappa shape index (κ2) is 4.81. The van der Waals surface area contributed by atoms with Gasteiger partial charge in [0.05, 0.1) is 0 Å². The first-order valence-corrected chi connectivity index (χ1v) is 4.50. The third kappa shape index (κ3) is 3.89. The van der Waals surface area contributed by atoms with Gasteiger partial charge in [0.25, 0.3) is 0 Å². The van der Waals surface area contributed by atoms with Gasteiger partial charge >= 0.3 is 11.8 Å². The van der Waals surface area contributed by atoms with Crippen molar-refractivity contribution < 1.29 is 9.59 Å². The lowest BCUT2D eigenvalue weighted by Crippen LogP contribution is -2.42. The van der Waals surface area contributed by atoms with Crippen molar-refractivity contribution in [1.82, 2.24) is 10.6 Å². The van der Waals surface area contributed by atoms with Gasteiger partial charge in [-0.15, -0.1) is 0 Å². The number of amides is 2. The zero-order chi connectivity index (χ0) is 9.68. The molecule has 0 heterocycles. The fraction of sp³-hybridized carbons (Fsp3) is 0.750. The molecule has 0 bridgehead atoms. The summed E-state index contributed by atoms with van der Waals surface area (Å²) in [7, 11) is 0. The standard InChI is InChI=1S/C8H15N3O2/c9-3-4-10-7(12)8(13)11-5-6-1-2-6/h6H,1-5,9H2,(H,10,12)(H,11,13). The van der Waals surface area contributed by atoms with Gasteiger partial charge in [0.15, 0.2) is 0 Å². The van der Waals surface area contributed by atoms with Crippen molar-refractivity contribution >= 4 is 11.8 Å². The van der Waals surface area contributed by atoms with Crippen LogP contribution in [-0.2, 0) is 9.59 Å². The average Bonchev–Trinajstić information content (AvgIpc) is 2.93. The third-order valence-electron chi connectivity index (χ3n) is 1.88. The van der Waals surface area contributed by atoms with Crippen LogP contribution in [0.25, 0.3) is 0 Å². The smallest absolute Gasteiger partial charge is 0.309 e. The Kier molecular flexibility index (Phi) is 3.70. The highest BCUT2D eigenvalue weighted by Gasteiger charge is 2.23. The van der Waals surface area contributed by atoms with Crippen LogP contribution < -0.4 is 16.4 Å². The van der Waals surface area contributed by atoms with Gasteiger partial charge in [-0.3, -0.25) is 9.59 Å². The van der Waals surface area contributed by atoms with Gasteiger partial charge in [-0.05, 0) is 18.8 Å². The molecule has 0 saturated heterocycles. The van der Waals surface area contributed by atoms with E-state index in [0.717, 1.165) is 12.8 Å². The highest BCUT2D eigenvalue weighted by Crippen LogP contribution is 2.27. The topological polar surface area (TPSA) is 84.2 Å². The lowest BCUT2D eigenvalue weighted by atomic mass is 10.4. The Labute approximate surface area is 77.1 Å². The van der Waals surface area contributed by atoms with Crippen LogP contribution >= 0.6 is 0 Å². The largest absolute Gasteiger partial charge is 0.348 e. The third-order valence-corrected chi connectivity index (χ3v) is 1.88. The van der Waals surface area contributed by atoms with Crippen molar-refractivity contribution in [3.8, 4) is 0 Å². The fourth-order valence-corrected chi connectivity index (χ4v) is 0.905. The van der Waals surface area contributed by atoms with Crippen molar-refractivity contribution in [2.75, 3.05) is 19.6 Å². The molecule has 13 heavy (non-hydrogen) atoms. The van der Waals surface area contributed by atoms with E-state index in [2.05, 4.69) is 10.6 Å². The van der Waals surface area contributed by atoms with Crippen molar-refractivity contribution in [2.45, 2.75) is 12.8 Å². The molecular weight excluding hydrogens is 170 g/mol. The zero-order valence-corrected chi connectivity index (χ0v) is 7.51. The number of carbonyl (C=O) groups excluding carboxylic acids is 2. The van der Waals surface area contributed by atoms with E-state index in [4.69, 9.17) is 5.73 Å². The lowest BCUT2D eigenvalue weighted by molar-refractivity contribution is -0.139. The second-order valence-electron chi connectivity index (χ2n) is 3.20. The van der Waals surface area contributed by atoms with Crippen LogP contribution in [0.1, 0.15) is 12.8 Å². The zero-order valence-electron chi connectivity index (χ0n) is 7.51. The van der Waals surface area contributed by atoms with Crippen LogP contribution in [-0.4, -0.2) is 31.4 Å². The Morgan fingerprint density at radius 1 is 1.23 bits per heavy atom. The Hall–Kier alpha value is -1.10. The maximum atomic E-state index is 11.0. The molecule has 4 N–H and O–H groups in total. The predicted octanol–water partition coefficient (Wildman–Crippen LogP) is -1.41. The molecule has 0 aromatic heterocycles. The highest BCUT2D eigenvalue weighted by molar-refractivity contribution is 6.35. The van der Waals surface area contributed by atoms with E-state index in [1.54, 1.807) is 0 Å². The maximum Gasteiger partial charge on any atom is 0.309 e. The molecule has 1 saturated carbocycles. The van der Waals surface area contributed by atoms with Gasteiger partial charge < -0.3 is 16.4 Å². The van der Waals surface area contributed by atoms with Crippen molar-refractivity contribution in [3.63, 3.8) is 0 Å². The quantitative estimate of drug-likeness (QED) is 0.470. The molecule has 1 aliphatic rings. The molecule has 1 rings (SSSR count). The summed E-state index contributed by atoms with van der Waals surface area (Å²) >= 11 is 0. The number of nitrogens with one attached hydrogen (secondary N) is 2. The van der Waals surface area contributed by atoms with E-state index in [1.165, 1.54) is 0 Å². The molecule has 74 valence electrons. The summed E-state index contributed by atoms with van der Waals surface area (Å²) in [6.07, 6.45) is 2.31. The van der Waals surface area contributed by atoms with Crippen molar-refractivity contribution in [1.29, 1.82) is 0 Å². The van der Waals surface area contributed by atoms with Gasteiger partial charge in [-0.1, -0.05) is 0 Å². The normalized spacial score (nSPS) is 15.2. The van der Waals surface area contributed by atoms with Crippen LogP contribution in [0, 0.1) is 5.92 Å². The first-order valence-electron chi connectivity index (χ1n) is 4.50. The highest BCUT2D eigenvalue weighted by atomic mass is 16.2. The Balaban J connectivity index is 2.09. The van der Waals surface area contributed by atoms with Gasteiger partial charge in [-0.25, -0.2) is 0 Å². The molecular formula is C8H15N3O2. The van der Waals surface area contributed by atoms with E-state index in [9.17, 15) is 9.59 Å². The van der Waals surface area contributed by atoms with Crippen LogP contribution in [0.4, 0.5) is 0 Å². The monoisotopic (exact) mass is 185 g/mol. The minimum atomic E-state index is -0.592. The fourth-order valence-electron chi connectivity index (χ4n) is 0.905. The summed E-state index contributed by atoms with van der Waals surface area (Å²) in [6.45, 7) is 1.31. The minimum Gasteiger partial charge on any atom is -0.348 e. The number of rotatable bonds is 4. The van der Waals surface area contributed by atoms with Gasteiger partial charge in [0.1, 0.15) is 0 Å². The number of carbonyl (C=O) groups is 2. The maximum absolute atomic E-state index is 11.0. The molecule has 1 aliphatic carbocycles. The number of hydrogen-bond acceptors (Lipinski definition) is 3. The van der Waals surface area contributed by atoms with Gasteiger partial charge in [0, 0.05) is 19.6 Å². The Bertz CT molecular complexity index is 202. The molecule has 0 aromatic carbocycles. The summed E-state index contributed by atoms with van der Waals surface area (Å²) in [5.41, 5.74) is 5.16. The number of nitrogens with two attached hydrogens (primary N) is 1. The molecule has 0 radical (unpaired) electrons. The van der Waals surface area contributed by atoms with E-state index < -0.39 is 11.8 Å². The summed E-state index contributed by atoms with van der Waals surface area (Å²) in [4.78, 5) is 22.0. The first-order chi connectivity index (χ1) is 6.24. The van der Waals surface area contributed by atoms with E-state index in [1.807, 2.05) is 0 Å². The lowest BCUT2D eigenvalue weighted by Gasteiger charge is -2.03. The van der Waals surface area contributed by atoms with Crippen molar-refractivity contribution in [2.24, 2.45) is 11.7 Å². The summed E-state index contributed by atoms with van der Waals surface area (Å²) in [6, 6.07) is 0. The van der Waals surface area contributed by atoms with E-state index >= 15 is 0 Å². The van der Waals surface area contributed by atoms with Gasteiger partial charge in [-0.2, -0.15) is 0 Å². The Morgan fingerprint density at radius 3 is 2.38 bits per heavy atom. The molecule has 0 aliphatic heterocycles. The number of hydrogen-bond donors (Lipinski definition) is 3. The van der Waals surface area contributed by atoms with Crippen LogP contribution in [0.15, 0.2) is 0 Å². The molecule has 1 fully saturated rings. The van der Waals surface area contributed by atoms with Crippen LogP contribution in [0.2, 0.25) is 0 Å². The predicted molar refractivity (Wildman–Crippen MR) is 47.8 cm³/mol. The van der Waals surface area contributed by atoms with E-state index in [-0.39, 0.29) is 0 Å². The molecule has 2 amide bonds. The second-order valence-corrected chi connectivity index (χ2v) is 3.20. The Morgan fingerprint density at radius 2 is 1.85 bits per heavy atom. The van der Waals surface area contributed by atoms with Gasteiger partial charge in [0.2, 0.25) is 0 Å².